The number of hydrogen-bond acceptors (Lipinski definition) is 8. The van der Waals surface area contributed by atoms with Gasteiger partial charge in [0.2, 0.25) is 0 Å². The smallest absolute Gasteiger partial charge is 0.324 e. The minimum absolute atomic E-state index is 0.199. The zero-order chi connectivity index (χ0) is 44.7. The van der Waals surface area contributed by atoms with Crippen molar-refractivity contribution in [1.82, 2.24) is 49.1 Å². The van der Waals surface area contributed by atoms with Crippen LogP contribution in [0.5, 0.6) is 0 Å². The molecule has 11 nitrogen and oxygen atoms in total. The normalized spacial score (nSPS) is 10.8. The van der Waals surface area contributed by atoms with Crippen LogP contribution in [0.15, 0.2) is 133 Å². The van der Waals surface area contributed by atoms with E-state index in [0.29, 0.717) is 33.0 Å². The average molecular weight is 803 g/mol. The first-order chi connectivity index (χ1) is 27.3. The van der Waals surface area contributed by atoms with Gasteiger partial charge >= 0.3 is 5.69 Å². The first-order valence-corrected chi connectivity index (χ1v) is 19.8. The first kappa shape index (κ1) is 51.2. The molecule has 0 aliphatic carbocycles. The highest BCUT2D eigenvalue weighted by Crippen LogP contribution is 2.10. The van der Waals surface area contributed by atoms with Gasteiger partial charge in [-0.3, -0.25) is 4.40 Å². The summed E-state index contributed by atoms with van der Waals surface area (Å²) in [6.45, 7) is 35.0. The number of rotatable bonds is 0. The summed E-state index contributed by atoms with van der Waals surface area (Å²) in [6, 6.07) is 25.5. The van der Waals surface area contributed by atoms with E-state index in [-0.39, 0.29) is 5.69 Å². The maximum atomic E-state index is 10.8. The SMILES string of the molecule is CC(C)(C)C.CC(C)(C)C.CC(C)(C)C.CC(C)(C)C.O=c1[nH]nc2ccccn12.c1ccc2nnccc2c1.c1ccn2cccc2c1.c1cnc2ncncc2n1. The van der Waals surface area contributed by atoms with Crippen LogP contribution in [0.3, 0.4) is 0 Å². The van der Waals surface area contributed by atoms with Gasteiger partial charge in [-0.1, -0.05) is 141 Å². The molecular formula is C48H70N10O. The molecule has 318 valence electrons. The van der Waals surface area contributed by atoms with Crippen molar-refractivity contribution in [2.75, 3.05) is 0 Å². The van der Waals surface area contributed by atoms with E-state index in [1.54, 1.807) is 43.1 Å². The highest BCUT2D eigenvalue weighted by atomic mass is 16.1. The molecule has 0 aliphatic heterocycles. The average Bonchev–Trinajstić information content (AvgIpc) is 3.77. The molecule has 8 rings (SSSR count). The highest BCUT2D eigenvalue weighted by Gasteiger charge is 1.98. The summed E-state index contributed by atoms with van der Waals surface area (Å²) in [6.07, 6.45) is 13.8. The Hall–Kier alpha value is -5.84. The van der Waals surface area contributed by atoms with Crippen LogP contribution in [0.2, 0.25) is 0 Å². The Labute approximate surface area is 352 Å². The maximum absolute atomic E-state index is 10.8. The fourth-order valence-corrected chi connectivity index (χ4v) is 3.49. The van der Waals surface area contributed by atoms with Gasteiger partial charge < -0.3 is 4.40 Å². The van der Waals surface area contributed by atoms with Gasteiger partial charge in [-0.2, -0.15) is 15.3 Å². The van der Waals surface area contributed by atoms with Crippen molar-refractivity contribution in [2.45, 2.75) is 111 Å². The lowest BCUT2D eigenvalue weighted by molar-refractivity contribution is 0.469. The standard InChI is InChI=1S/C8H6N2.C8H7N.C6H4N4.C6H5N3O.4C5H12/c1-2-4-8-7(3-1)5-6-9-10-8;1-2-6-9-7-3-5-8(9)4-1;1-2-9-6-5(8-1)3-7-4-10-6;10-6-8-7-5-3-1-2-4-9(5)6;4*1-5(2,3)4/h1-6H;1-7H;1-4H;1-4H,(H,8,10);4*1-4H3. The molecule has 0 bridgehead atoms. The lowest BCUT2D eigenvalue weighted by Crippen LogP contribution is -2.07. The molecule has 0 atom stereocenters. The Morgan fingerprint density at radius 2 is 1.05 bits per heavy atom. The minimum Gasteiger partial charge on any atom is -0.324 e. The van der Waals surface area contributed by atoms with E-state index in [1.807, 2.05) is 67.0 Å². The molecule has 1 N–H and O–H groups in total. The molecule has 59 heavy (non-hydrogen) atoms. The Bertz CT molecular complexity index is 2060. The van der Waals surface area contributed by atoms with Gasteiger partial charge in [0, 0.05) is 41.9 Å². The molecule has 8 aromatic rings. The van der Waals surface area contributed by atoms with Crippen LogP contribution < -0.4 is 5.69 Å². The number of H-pyrrole nitrogens is 1. The summed E-state index contributed by atoms with van der Waals surface area (Å²) in [5.41, 5.74) is 6.01. The third-order valence-electron chi connectivity index (χ3n) is 5.33. The molecular weight excluding hydrogens is 733 g/mol. The van der Waals surface area contributed by atoms with E-state index in [1.165, 1.54) is 16.2 Å². The second kappa shape index (κ2) is 24.8. The van der Waals surface area contributed by atoms with Gasteiger partial charge in [0.25, 0.3) is 0 Å². The van der Waals surface area contributed by atoms with Crippen LogP contribution in [0.25, 0.3) is 33.2 Å². The fourth-order valence-electron chi connectivity index (χ4n) is 3.49. The van der Waals surface area contributed by atoms with E-state index in [4.69, 9.17) is 0 Å². The van der Waals surface area contributed by atoms with Gasteiger partial charge in [-0.05, 0) is 70.2 Å². The first-order valence-electron chi connectivity index (χ1n) is 19.8. The number of fused-ring (bicyclic) bond motifs is 4. The molecule has 0 radical (unpaired) electrons. The molecule has 11 heteroatoms. The summed E-state index contributed by atoms with van der Waals surface area (Å²) in [5, 5.41) is 14.9. The molecule has 0 saturated heterocycles. The predicted octanol–water partition coefficient (Wildman–Crippen LogP) is 12.2. The van der Waals surface area contributed by atoms with Gasteiger partial charge in [0.05, 0.1) is 17.9 Å². The van der Waals surface area contributed by atoms with Crippen molar-refractivity contribution < 1.29 is 0 Å². The largest absolute Gasteiger partial charge is 0.347 e. The minimum atomic E-state index is -0.199. The zero-order valence-corrected chi connectivity index (χ0v) is 38.6. The van der Waals surface area contributed by atoms with Gasteiger partial charge in [0.1, 0.15) is 11.8 Å². The predicted molar refractivity (Wildman–Crippen MR) is 248 cm³/mol. The molecule has 1 aromatic carbocycles. The Balaban J connectivity index is 0.000000345. The number of benzene rings is 1. The molecule has 0 unspecified atom stereocenters. The molecule has 0 aliphatic rings. The van der Waals surface area contributed by atoms with E-state index in [9.17, 15) is 4.79 Å². The van der Waals surface area contributed by atoms with Crippen molar-refractivity contribution >= 4 is 33.2 Å². The Kier molecular flexibility index (Phi) is 21.5. The third kappa shape index (κ3) is 29.1. The highest BCUT2D eigenvalue weighted by molar-refractivity contribution is 5.77. The summed E-state index contributed by atoms with van der Waals surface area (Å²) >= 11 is 0. The fraction of sp³-hybridized carbons (Fsp3) is 0.417. The van der Waals surface area contributed by atoms with Crippen molar-refractivity contribution in [3.05, 3.63) is 139 Å². The van der Waals surface area contributed by atoms with Gasteiger partial charge in [-0.25, -0.2) is 29.8 Å². The molecule has 0 amide bonds. The summed E-state index contributed by atoms with van der Waals surface area (Å²) in [7, 11) is 0. The van der Waals surface area contributed by atoms with Crippen molar-refractivity contribution in [1.29, 1.82) is 0 Å². The van der Waals surface area contributed by atoms with Crippen LogP contribution >= 0.6 is 0 Å². The molecule has 7 heterocycles. The van der Waals surface area contributed by atoms with Crippen LogP contribution in [-0.2, 0) is 0 Å². The zero-order valence-electron chi connectivity index (χ0n) is 38.6. The van der Waals surface area contributed by atoms with Crippen LogP contribution in [-0.4, -0.2) is 49.1 Å². The second-order valence-electron chi connectivity index (χ2n) is 19.9. The van der Waals surface area contributed by atoms with Crippen molar-refractivity contribution in [3.8, 4) is 0 Å². The number of pyridine rings is 2. The van der Waals surface area contributed by atoms with Crippen LogP contribution in [0.1, 0.15) is 111 Å². The number of nitrogens with zero attached hydrogens (tertiary/aromatic N) is 9. The van der Waals surface area contributed by atoms with Crippen molar-refractivity contribution in [2.24, 2.45) is 21.7 Å². The molecule has 0 saturated carbocycles. The maximum Gasteiger partial charge on any atom is 0.347 e. The lowest BCUT2D eigenvalue weighted by atomic mass is 10.0. The van der Waals surface area contributed by atoms with E-state index < -0.39 is 0 Å². The summed E-state index contributed by atoms with van der Waals surface area (Å²) in [5.74, 6) is 0. The van der Waals surface area contributed by atoms with Crippen LogP contribution in [0.4, 0.5) is 0 Å². The number of nitrogens with one attached hydrogen (secondary N) is 1. The summed E-state index contributed by atoms with van der Waals surface area (Å²) < 4.78 is 3.53. The third-order valence-corrected chi connectivity index (χ3v) is 5.33. The molecule has 7 aromatic heterocycles. The molecule has 0 fully saturated rings. The monoisotopic (exact) mass is 803 g/mol. The number of aromatic amines is 1. The topological polar surface area (TPSA) is 132 Å². The van der Waals surface area contributed by atoms with E-state index >= 15 is 0 Å². The molecule has 0 spiro atoms. The van der Waals surface area contributed by atoms with Gasteiger partial charge in [-0.15, -0.1) is 0 Å². The quantitative estimate of drug-likeness (QED) is 0.160. The summed E-state index contributed by atoms with van der Waals surface area (Å²) in [4.78, 5) is 26.5. The Morgan fingerprint density at radius 3 is 1.63 bits per heavy atom. The number of aromatic nitrogens is 10. The van der Waals surface area contributed by atoms with Crippen molar-refractivity contribution in [3.63, 3.8) is 0 Å². The Morgan fingerprint density at radius 1 is 0.525 bits per heavy atom. The van der Waals surface area contributed by atoms with Crippen LogP contribution in [0, 0.1) is 21.7 Å². The second-order valence-corrected chi connectivity index (χ2v) is 19.9. The number of hydrogen-bond donors (Lipinski definition) is 1. The van der Waals surface area contributed by atoms with E-state index in [0.717, 1.165) is 16.4 Å². The lowest BCUT2D eigenvalue weighted by Gasteiger charge is -2.05. The van der Waals surface area contributed by atoms with E-state index in [2.05, 4.69) is 168 Å². The van der Waals surface area contributed by atoms with Gasteiger partial charge in [0.15, 0.2) is 11.3 Å².